The predicted octanol–water partition coefficient (Wildman–Crippen LogP) is 2.39. The number of hydrazone groups is 1. The van der Waals surface area contributed by atoms with Gasteiger partial charge in [0.05, 0.1) is 23.2 Å². The predicted molar refractivity (Wildman–Crippen MR) is 93.4 cm³/mol. The molecule has 1 amide bonds. The molecule has 138 valence electrons. The molecule has 2 aromatic rings. The highest BCUT2D eigenvalue weighted by molar-refractivity contribution is 7.89. The first-order valence-electron chi connectivity index (χ1n) is 7.19. The van der Waals surface area contributed by atoms with Gasteiger partial charge in [0.1, 0.15) is 11.6 Å². The van der Waals surface area contributed by atoms with Crippen LogP contribution in [0.5, 0.6) is 0 Å². The SMILES string of the molecule is CN(CC(=O)N/N=C\c1c(F)cccc1F)S(=O)(=O)c1ccc(Cl)cc1. The molecule has 0 heterocycles. The van der Waals surface area contributed by atoms with Crippen LogP contribution in [0, 0.1) is 11.6 Å². The van der Waals surface area contributed by atoms with Gasteiger partial charge in [-0.2, -0.15) is 9.41 Å². The molecule has 1 N–H and O–H groups in total. The zero-order valence-corrected chi connectivity index (χ0v) is 15.1. The van der Waals surface area contributed by atoms with E-state index in [2.05, 4.69) is 5.10 Å². The summed E-state index contributed by atoms with van der Waals surface area (Å²) in [4.78, 5) is 11.8. The third kappa shape index (κ3) is 4.84. The van der Waals surface area contributed by atoms with E-state index in [9.17, 15) is 22.0 Å². The van der Waals surface area contributed by atoms with Crippen LogP contribution in [0.3, 0.4) is 0 Å². The van der Waals surface area contributed by atoms with Crippen molar-refractivity contribution in [1.82, 2.24) is 9.73 Å². The molecule has 26 heavy (non-hydrogen) atoms. The van der Waals surface area contributed by atoms with E-state index >= 15 is 0 Å². The maximum atomic E-state index is 13.4. The summed E-state index contributed by atoms with van der Waals surface area (Å²) in [7, 11) is -2.69. The van der Waals surface area contributed by atoms with E-state index in [1.807, 2.05) is 5.43 Å². The fraction of sp³-hybridized carbons (Fsp3) is 0.125. The normalized spacial score (nSPS) is 11.9. The zero-order chi connectivity index (χ0) is 19.3. The minimum atomic E-state index is -3.90. The monoisotopic (exact) mass is 401 g/mol. The smallest absolute Gasteiger partial charge is 0.255 e. The van der Waals surface area contributed by atoms with E-state index in [-0.39, 0.29) is 4.90 Å². The molecule has 0 unspecified atom stereocenters. The number of likely N-dealkylation sites (N-methyl/N-ethyl adjacent to an activating group) is 1. The molecule has 0 aliphatic heterocycles. The van der Waals surface area contributed by atoms with Crippen molar-refractivity contribution < 1.29 is 22.0 Å². The van der Waals surface area contributed by atoms with Gasteiger partial charge in [-0.25, -0.2) is 22.6 Å². The van der Waals surface area contributed by atoms with E-state index in [0.717, 1.165) is 22.7 Å². The summed E-state index contributed by atoms with van der Waals surface area (Å²) in [5.74, 6) is -2.46. The maximum absolute atomic E-state index is 13.4. The lowest BCUT2D eigenvalue weighted by Gasteiger charge is -2.16. The third-order valence-electron chi connectivity index (χ3n) is 3.27. The summed E-state index contributed by atoms with van der Waals surface area (Å²) in [6.07, 6.45) is 0.802. The van der Waals surface area contributed by atoms with Crippen molar-refractivity contribution in [3.8, 4) is 0 Å². The van der Waals surface area contributed by atoms with Crippen molar-refractivity contribution in [3.05, 3.63) is 64.7 Å². The first kappa shape index (κ1) is 20.0. The fourth-order valence-electron chi connectivity index (χ4n) is 1.91. The highest BCUT2D eigenvalue weighted by atomic mass is 35.5. The Hall–Kier alpha value is -2.36. The fourth-order valence-corrected chi connectivity index (χ4v) is 3.17. The Morgan fingerprint density at radius 1 is 1.19 bits per heavy atom. The highest BCUT2D eigenvalue weighted by Gasteiger charge is 2.22. The number of nitrogens with zero attached hydrogens (tertiary/aromatic N) is 2. The molecule has 2 aromatic carbocycles. The Balaban J connectivity index is 2.01. The van der Waals surface area contributed by atoms with Crippen molar-refractivity contribution in [2.75, 3.05) is 13.6 Å². The summed E-state index contributed by atoms with van der Waals surface area (Å²) in [5.41, 5.74) is 1.60. The van der Waals surface area contributed by atoms with Crippen LogP contribution in [0.2, 0.25) is 5.02 Å². The molecule has 0 aliphatic carbocycles. The van der Waals surface area contributed by atoms with Gasteiger partial charge in [-0.3, -0.25) is 4.79 Å². The molecule has 0 atom stereocenters. The number of rotatable bonds is 6. The Morgan fingerprint density at radius 3 is 2.35 bits per heavy atom. The van der Waals surface area contributed by atoms with Gasteiger partial charge in [-0.05, 0) is 36.4 Å². The van der Waals surface area contributed by atoms with Crippen LogP contribution in [-0.4, -0.2) is 38.4 Å². The lowest BCUT2D eigenvalue weighted by atomic mass is 10.2. The van der Waals surface area contributed by atoms with Crippen molar-refractivity contribution in [2.24, 2.45) is 5.10 Å². The topological polar surface area (TPSA) is 78.8 Å². The zero-order valence-electron chi connectivity index (χ0n) is 13.5. The van der Waals surface area contributed by atoms with Crippen LogP contribution >= 0.6 is 11.6 Å². The molecule has 0 aliphatic rings. The van der Waals surface area contributed by atoms with E-state index in [0.29, 0.717) is 5.02 Å². The Kier molecular flexibility index (Phi) is 6.41. The van der Waals surface area contributed by atoms with Crippen LogP contribution in [-0.2, 0) is 14.8 Å². The van der Waals surface area contributed by atoms with Crippen molar-refractivity contribution in [3.63, 3.8) is 0 Å². The molecule has 0 bridgehead atoms. The van der Waals surface area contributed by atoms with Gasteiger partial charge in [0.15, 0.2) is 0 Å². The summed E-state index contributed by atoms with van der Waals surface area (Å²) in [6, 6.07) is 8.72. The maximum Gasteiger partial charge on any atom is 0.255 e. The largest absolute Gasteiger partial charge is 0.272 e. The van der Waals surface area contributed by atoms with E-state index in [4.69, 9.17) is 11.6 Å². The molecular formula is C16H14ClF2N3O3S. The number of halogens is 3. The van der Waals surface area contributed by atoms with Gasteiger partial charge in [0, 0.05) is 12.1 Å². The Bertz CT molecular complexity index is 914. The Morgan fingerprint density at radius 2 is 1.77 bits per heavy atom. The second-order valence-corrected chi connectivity index (χ2v) is 7.62. The van der Waals surface area contributed by atoms with Crippen molar-refractivity contribution in [2.45, 2.75) is 4.90 Å². The minimum absolute atomic E-state index is 0.0332. The number of benzene rings is 2. The second-order valence-electron chi connectivity index (χ2n) is 5.14. The summed E-state index contributed by atoms with van der Waals surface area (Å²) < 4.78 is 52.3. The van der Waals surface area contributed by atoms with Gasteiger partial charge in [0.2, 0.25) is 10.0 Å². The molecule has 0 fully saturated rings. The van der Waals surface area contributed by atoms with Crippen molar-refractivity contribution >= 4 is 33.7 Å². The lowest BCUT2D eigenvalue weighted by molar-refractivity contribution is -0.121. The quantitative estimate of drug-likeness (QED) is 0.596. The average molecular weight is 402 g/mol. The molecule has 2 rings (SSSR count). The molecule has 0 aromatic heterocycles. The number of hydrogen-bond acceptors (Lipinski definition) is 4. The van der Waals surface area contributed by atoms with E-state index < -0.39 is 39.7 Å². The standard InChI is InChI=1S/C16H14ClF2N3O3S/c1-22(26(24,25)12-7-5-11(17)6-8-12)10-16(23)21-20-9-13-14(18)3-2-4-15(13)19/h2-9H,10H2,1H3,(H,21,23)/b20-9-. The number of nitrogens with one attached hydrogen (secondary N) is 1. The summed E-state index contributed by atoms with van der Waals surface area (Å²) in [5, 5.41) is 3.81. The molecule has 6 nitrogen and oxygen atoms in total. The highest BCUT2D eigenvalue weighted by Crippen LogP contribution is 2.17. The number of carbonyl (C=O) groups excluding carboxylic acids is 1. The van der Waals surface area contributed by atoms with Crippen LogP contribution in [0.4, 0.5) is 8.78 Å². The second kappa shape index (κ2) is 8.35. The molecule has 0 spiro atoms. The van der Waals surface area contributed by atoms with E-state index in [1.165, 1.54) is 37.4 Å². The average Bonchev–Trinajstić information content (AvgIpc) is 2.58. The molecular weight excluding hydrogens is 388 g/mol. The van der Waals surface area contributed by atoms with Crippen LogP contribution in [0.1, 0.15) is 5.56 Å². The molecule has 0 radical (unpaired) electrons. The number of hydrogen-bond donors (Lipinski definition) is 1. The van der Waals surface area contributed by atoms with Crippen molar-refractivity contribution in [1.29, 1.82) is 0 Å². The van der Waals surface area contributed by atoms with Gasteiger partial charge < -0.3 is 0 Å². The lowest BCUT2D eigenvalue weighted by Crippen LogP contribution is -2.36. The number of amides is 1. The molecule has 0 saturated carbocycles. The van der Waals surface area contributed by atoms with Crippen LogP contribution < -0.4 is 5.43 Å². The third-order valence-corrected chi connectivity index (χ3v) is 5.34. The van der Waals surface area contributed by atoms with Gasteiger partial charge in [0.25, 0.3) is 5.91 Å². The molecule has 0 saturated heterocycles. The van der Waals surface area contributed by atoms with Crippen LogP contribution in [0.15, 0.2) is 52.5 Å². The van der Waals surface area contributed by atoms with Gasteiger partial charge in [-0.15, -0.1) is 0 Å². The number of carbonyl (C=O) groups is 1. The Labute approximate surface area is 154 Å². The van der Waals surface area contributed by atoms with Gasteiger partial charge in [-0.1, -0.05) is 17.7 Å². The summed E-state index contributed by atoms with van der Waals surface area (Å²) >= 11 is 5.71. The van der Waals surface area contributed by atoms with E-state index in [1.54, 1.807) is 0 Å². The summed E-state index contributed by atoms with van der Waals surface area (Å²) in [6.45, 7) is -0.540. The van der Waals surface area contributed by atoms with Crippen LogP contribution in [0.25, 0.3) is 0 Å². The molecule has 10 heteroatoms. The first-order chi connectivity index (χ1) is 12.2. The first-order valence-corrected chi connectivity index (χ1v) is 9.01. The van der Waals surface area contributed by atoms with Gasteiger partial charge >= 0.3 is 0 Å². The minimum Gasteiger partial charge on any atom is -0.272 e. The number of sulfonamides is 1.